The summed E-state index contributed by atoms with van der Waals surface area (Å²) in [5, 5.41) is 14.8. The standard InChI is InChI=1S/C18H21N5O2S/c1-11(24)12-2-4-13(5-3-12)20-17(25)15-16-14(6-9-26-16)21-18(22-15)23-8-7-19-10-23/h6-13,24H,2-5H2,1H3,(H,20,25)/t11-,12-,13-/m0/s1. The number of nitrogens with one attached hydrogen (secondary N) is 1. The van der Waals surface area contributed by atoms with Crippen molar-refractivity contribution in [3.63, 3.8) is 0 Å². The molecule has 1 amide bonds. The molecule has 1 aliphatic rings. The van der Waals surface area contributed by atoms with E-state index in [0.717, 1.165) is 35.9 Å². The predicted molar refractivity (Wildman–Crippen MR) is 99.4 cm³/mol. The number of nitrogens with zero attached hydrogens (tertiary/aromatic N) is 4. The first-order chi connectivity index (χ1) is 12.6. The van der Waals surface area contributed by atoms with Gasteiger partial charge in [-0.2, -0.15) is 0 Å². The summed E-state index contributed by atoms with van der Waals surface area (Å²) in [6, 6.07) is 2.02. The monoisotopic (exact) mass is 371 g/mol. The highest BCUT2D eigenvalue weighted by Gasteiger charge is 2.26. The van der Waals surface area contributed by atoms with Crippen molar-refractivity contribution in [2.24, 2.45) is 5.92 Å². The van der Waals surface area contributed by atoms with E-state index in [9.17, 15) is 9.90 Å². The van der Waals surface area contributed by atoms with Crippen LogP contribution >= 0.6 is 11.3 Å². The smallest absolute Gasteiger partial charge is 0.271 e. The average molecular weight is 371 g/mol. The summed E-state index contributed by atoms with van der Waals surface area (Å²) in [6.07, 6.45) is 8.38. The van der Waals surface area contributed by atoms with Crippen molar-refractivity contribution in [2.45, 2.75) is 44.8 Å². The number of hydrogen-bond donors (Lipinski definition) is 2. The van der Waals surface area contributed by atoms with Crippen molar-refractivity contribution in [1.82, 2.24) is 24.8 Å². The first-order valence-corrected chi connectivity index (χ1v) is 9.72. The molecule has 0 saturated heterocycles. The molecule has 3 aromatic rings. The first-order valence-electron chi connectivity index (χ1n) is 8.84. The Morgan fingerprint density at radius 1 is 1.35 bits per heavy atom. The molecule has 0 spiro atoms. The summed E-state index contributed by atoms with van der Waals surface area (Å²) in [6.45, 7) is 1.84. The maximum absolute atomic E-state index is 12.9. The van der Waals surface area contributed by atoms with Crippen molar-refractivity contribution >= 4 is 27.5 Å². The summed E-state index contributed by atoms with van der Waals surface area (Å²) >= 11 is 1.47. The molecule has 3 aromatic heterocycles. The van der Waals surface area contributed by atoms with Gasteiger partial charge in [-0.05, 0) is 50.0 Å². The molecule has 0 radical (unpaired) electrons. The second-order valence-electron chi connectivity index (χ2n) is 6.80. The lowest BCUT2D eigenvalue weighted by atomic mass is 9.83. The average Bonchev–Trinajstić information content (AvgIpc) is 3.32. The minimum atomic E-state index is -0.281. The molecule has 1 fully saturated rings. The molecular weight excluding hydrogens is 350 g/mol. The Morgan fingerprint density at radius 2 is 2.15 bits per heavy atom. The van der Waals surface area contributed by atoms with Crippen molar-refractivity contribution in [3.8, 4) is 5.95 Å². The van der Waals surface area contributed by atoms with E-state index in [1.807, 2.05) is 18.4 Å². The minimum absolute atomic E-state index is 0.124. The molecule has 136 valence electrons. The fourth-order valence-corrected chi connectivity index (χ4v) is 4.32. The fourth-order valence-electron chi connectivity index (χ4n) is 3.50. The zero-order valence-electron chi connectivity index (χ0n) is 14.5. The Kier molecular flexibility index (Phi) is 4.69. The summed E-state index contributed by atoms with van der Waals surface area (Å²) in [4.78, 5) is 25.9. The van der Waals surface area contributed by atoms with E-state index in [0.29, 0.717) is 17.6 Å². The Balaban J connectivity index is 1.56. The molecule has 3 heterocycles. The number of amides is 1. The first kappa shape index (κ1) is 17.1. The van der Waals surface area contributed by atoms with Gasteiger partial charge in [0, 0.05) is 18.4 Å². The van der Waals surface area contributed by atoms with Gasteiger partial charge in [0.05, 0.1) is 16.3 Å². The Morgan fingerprint density at radius 3 is 2.85 bits per heavy atom. The minimum Gasteiger partial charge on any atom is -0.393 e. The number of rotatable bonds is 4. The van der Waals surface area contributed by atoms with Crippen LogP contribution in [-0.4, -0.2) is 42.7 Å². The maximum Gasteiger partial charge on any atom is 0.271 e. The van der Waals surface area contributed by atoms with E-state index in [4.69, 9.17) is 0 Å². The van der Waals surface area contributed by atoms with E-state index in [-0.39, 0.29) is 18.1 Å². The topological polar surface area (TPSA) is 92.9 Å². The Bertz CT molecular complexity index is 898. The quantitative estimate of drug-likeness (QED) is 0.735. The summed E-state index contributed by atoms with van der Waals surface area (Å²) in [5.41, 5.74) is 1.17. The number of thiophene rings is 1. The largest absolute Gasteiger partial charge is 0.393 e. The molecule has 0 bridgehead atoms. The number of aliphatic hydroxyl groups excluding tert-OH is 1. The van der Waals surface area contributed by atoms with E-state index in [1.54, 1.807) is 23.3 Å². The maximum atomic E-state index is 12.9. The molecule has 26 heavy (non-hydrogen) atoms. The van der Waals surface area contributed by atoms with Crippen LogP contribution in [0.1, 0.15) is 43.1 Å². The molecule has 0 unspecified atom stereocenters. The van der Waals surface area contributed by atoms with Crippen molar-refractivity contribution in [1.29, 1.82) is 0 Å². The van der Waals surface area contributed by atoms with Crippen LogP contribution in [-0.2, 0) is 0 Å². The summed E-state index contributed by atoms with van der Waals surface area (Å²) < 4.78 is 2.49. The molecule has 8 heteroatoms. The lowest BCUT2D eigenvalue weighted by molar-refractivity contribution is 0.0830. The molecule has 4 rings (SSSR count). The van der Waals surface area contributed by atoms with Crippen LogP contribution in [0.5, 0.6) is 0 Å². The van der Waals surface area contributed by atoms with Gasteiger partial charge >= 0.3 is 0 Å². The van der Waals surface area contributed by atoms with Gasteiger partial charge in [-0.3, -0.25) is 9.36 Å². The van der Waals surface area contributed by atoms with Crippen molar-refractivity contribution in [3.05, 3.63) is 35.9 Å². The Labute approximate surface area is 155 Å². The van der Waals surface area contributed by atoms with Crippen LogP contribution in [0.2, 0.25) is 0 Å². The highest BCUT2D eigenvalue weighted by Crippen LogP contribution is 2.28. The molecule has 1 atom stereocenters. The molecule has 1 saturated carbocycles. The molecule has 1 aliphatic carbocycles. The van der Waals surface area contributed by atoms with E-state index < -0.39 is 0 Å². The number of aliphatic hydroxyl groups is 1. The Hall–Kier alpha value is -2.32. The number of aromatic nitrogens is 4. The lowest BCUT2D eigenvalue weighted by Gasteiger charge is -2.30. The molecule has 2 N–H and O–H groups in total. The summed E-state index contributed by atoms with van der Waals surface area (Å²) in [7, 11) is 0. The SMILES string of the molecule is C[C@H](O)[C@H]1CC[C@H](NC(=O)c2nc(-n3ccnc3)nc3ccsc23)CC1. The van der Waals surface area contributed by atoms with Gasteiger partial charge < -0.3 is 10.4 Å². The van der Waals surface area contributed by atoms with Gasteiger partial charge in [-0.1, -0.05) is 0 Å². The van der Waals surface area contributed by atoms with E-state index in [1.165, 1.54) is 11.3 Å². The van der Waals surface area contributed by atoms with E-state index in [2.05, 4.69) is 20.3 Å². The van der Waals surface area contributed by atoms with Crippen LogP contribution in [0.25, 0.3) is 16.2 Å². The van der Waals surface area contributed by atoms with Crippen molar-refractivity contribution in [2.75, 3.05) is 0 Å². The van der Waals surface area contributed by atoms with Crippen LogP contribution < -0.4 is 5.32 Å². The van der Waals surface area contributed by atoms with Crippen LogP contribution in [0, 0.1) is 5.92 Å². The van der Waals surface area contributed by atoms with Gasteiger partial charge in [-0.25, -0.2) is 15.0 Å². The fraction of sp³-hybridized carbons (Fsp3) is 0.444. The van der Waals surface area contributed by atoms with Crippen LogP contribution in [0.3, 0.4) is 0 Å². The second kappa shape index (κ2) is 7.13. The van der Waals surface area contributed by atoms with Gasteiger partial charge in [0.25, 0.3) is 5.91 Å². The van der Waals surface area contributed by atoms with Crippen LogP contribution in [0.4, 0.5) is 0 Å². The number of carbonyl (C=O) groups is 1. The van der Waals surface area contributed by atoms with Gasteiger partial charge in [0.1, 0.15) is 6.33 Å². The third-order valence-corrected chi connectivity index (χ3v) is 5.94. The third kappa shape index (κ3) is 3.34. The molecule has 7 nitrogen and oxygen atoms in total. The second-order valence-corrected chi connectivity index (χ2v) is 7.72. The zero-order chi connectivity index (χ0) is 18.1. The highest BCUT2D eigenvalue weighted by molar-refractivity contribution is 7.17. The summed E-state index contributed by atoms with van der Waals surface area (Å²) in [5.74, 6) is 0.608. The van der Waals surface area contributed by atoms with Gasteiger partial charge in [0.2, 0.25) is 5.95 Å². The number of carbonyl (C=O) groups excluding carboxylic acids is 1. The zero-order valence-corrected chi connectivity index (χ0v) is 15.3. The lowest BCUT2D eigenvalue weighted by Crippen LogP contribution is -2.39. The molecular formula is C18H21N5O2S. The number of fused-ring (bicyclic) bond motifs is 1. The number of imidazole rings is 1. The van der Waals surface area contributed by atoms with Crippen LogP contribution in [0.15, 0.2) is 30.2 Å². The normalized spacial score (nSPS) is 21.6. The molecule has 0 aliphatic heterocycles. The number of hydrogen-bond acceptors (Lipinski definition) is 6. The van der Waals surface area contributed by atoms with Gasteiger partial charge in [0.15, 0.2) is 5.69 Å². The van der Waals surface area contributed by atoms with Gasteiger partial charge in [-0.15, -0.1) is 11.3 Å². The third-order valence-electron chi connectivity index (χ3n) is 5.03. The van der Waals surface area contributed by atoms with Crippen molar-refractivity contribution < 1.29 is 9.90 Å². The highest BCUT2D eigenvalue weighted by atomic mass is 32.1. The van der Waals surface area contributed by atoms with E-state index >= 15 is 0 Å². The molecule has 0 aromatic carbocycles. The predicted octanol–water partition coefficient (Wildman–Crippen LogP) is 2.55.